The second-order valence-corrected chi connectivity index (χ2v) is 7.88. The Morgan fingerprint density at radius 2 is 1.84 bits per heavy atom. The van der Waals surface area contributed by atoms with Gasteiger partial charge in [-0.05, 0) is 35.7 Å². The topological polar surface area (TPSA) is 104 Å². The molecule has 4 rings (SSSR count). The number of methoxy groups -OCH3 is 1. The summed E-state index contributed by atoms with van der Waals surface area (Å²) in [5, 5.41) is 41.3. The van der Waals surface area contributed by atoms with Crippen molar-refractivity contribution in [1.82, 2.24) is 4.57 Å². The maximum Gasteiger partial charge on any atom is 0.163 e. The summed E-state index contributed by atoms with van der Waals surface area (Å²) in [4.78, 5) is 0. The van der Waals surface area contributed by atoms with Gasteiger partial charge >= 0.3 is 0 Å². The third-order valence-corrected chi connectivity index (χ3v) is 5.93. The van der Waals surface area contributed by atoms with E-state index < -0.39 is 37.3 Å². The molecule has 0 saturated carbocycles. The Bertz CT molecular complexity index is 1080. The highest BCUT2D eigenvalue weighted by Gasteiger charge is 2.44. The average molecular weight is 431 g/mol. The van der Waals surface area contributed by atoms with Gasteiger partial charge in [0.1, 0.15) is 36.0 Å². The van der Waals surface area contributed by atoms with Gasteiger partial charge in [-0.15, -0.1) is 0 Å². The average Bonchev–Trinajstić information content (AvgIpc) is 3.13. The lowest BCUT2D eigenvalue weighted by atomic mass is 9.98. The van der Waals surface area contributed by atoms with E-state index in [1.807, 2.05) is 25.1 Å². The Balaban J connectivity index is 1.79. The molecule has 0 bridgehead atoms. The smallest absolute Gasteiger partial charge is 0.163 e. The van der Waals surface area contributed by atoms with Crippen LogP contribution in [-0.4, -0.2) is 63.1 Å². The zero-order chi connectivity index (χ0) is 22.3. The molecule has 1 saturated heterocycles. The van der Waals surface area contributed by atoms with Crippen molar-refractivity contribution >= 4 is 10.9 Å². The molecular weight excluding hydrogens is 405 g/mol. The Hall–Kier alpha value is -2.49. The fourth-order valence-corrected chi connectivity index (χ4v) is 4.25. The van der Waals surface area contributed by atoms with Gasteiger partial charge < -0.3 is 34.5 Å². The number of aliphatic hydroxyl groups is 4. The molecule has 166 valence electrons. The fourth-order valence-electron chi connectivity index (χ4n) is 4.25. The number of hydrogen-bond acceptors (Lipinski definition) is 6. The molecule has 4 N–H and O–H groups in total. The predicted molar refractivity (Wildman–Crippen MR) is 111 cm³/mol. The van der Waals surface area contributed by atoms with Gasteiger partial charge in [0.15, 0.2) is 6.23 Å². The molecule has 7 nitrogen and oxygen atoms in total. The molecular formula is C23H26FNO6. The Morgan fingerprint density at radius 1 is 1.06 bits per heavy atom. The zero-order valence-corrected chi connectivity index (χ0v) is 17.3. The summed E-state index contributed by atoms with van der Waals surface area (Å²) in [6, 6.07) is 10.3. The molecule has 0 amide bonds. The van der Waals surface area contributed by atoms with Crippen LogP contribution in [0.15, 0.2) is 42.6 Å². The maximum atomic E-state index is 14.6. The van der Waals surface area contributed by atoms with E-state index in [0.717, 1.165) is 22.0 Å². The first kappa shape index (κ1) is 21.7. The van der Waals surface area contributed by atoms with E-state index in [1.165, 1.54) is 13.2 Å². The molecule has 8 heteroatoms. The minimum atomic E-state index is -1.49. The van der Waals surface area contributed by atoms with E-state index in [1.54, 1.807) is 22.9 Å². The van der Waals surface area contributed by atoms with E-state index in [-0.39, 0.29) is 5.82 Å². The number of aliphatic hydroxyl groups excluding tert-OH is 4. The monoisotopic (exact) mass is 431 g/mol. The highest BCUT2D eigenvalue weighted by Crippen LogP contribution is 2.35. The zero-order valence-electron chi connectivity index (χ0n) is 17.3. The lowest BCUT2D eigenvalue weighted by Crippen LogP contribution is -2.56. The number of fused-ring (bicyclic) bond motifs is 1. The van der Waals surface area contributed by atoms with Gasteiger partial charge in [0.05, 0.1) is 19.2 Å². The van der Waals surface area contributed by atoms with Crippen molar-refractivity contribution in [3.05, 3.63) is 65.1 Å². The van der Waals surface area contributed by atoms with Gasteiger partial charge in [-0.3, -0.25) is 0 Å². The first-order chi connectivity index (χ1) is 14.8. The highest BCUT2D eigenvalue weighted by atomic mass is 19.1. The first-order valence-corrected chi connectivity index (χ1v) is 10.1. The summed E-state index contributed by atoms with van der Waals surface area (Å²) < 4.78 is 27.1. The van der Waals surface area contributed by atoms with Gasteiger partial charge in [0, 0.05) is 24.1 Å². The predicted octanol–water partition coefficient (Wildman–Crippen LogP) is 1.66. The number of ether oxygens (including phenoxy) is 2. The van der Waals surface area contributed by atoms with Crippen LogP contribution in [0.5, 0.6) is 5.75 Å². The molecule has 1 aliphatic heterocycles. The second kappa shape index (κ2) is 8.57. The minimum Gasteiger partial charge on any atom is -0.497 e. The van der Waals surface area contributed by atoms with Crippen molar-refractivity contribution in [2.24, 2.45) is 0 Å². The first-order valence-electron chi connectivity index (χ1n) is 10.1. The van der Waals surface area contributed by atoms with Gasteiger partial charge in [0.25, 0.3) is 0 Å². The number of hydrogen-bond donors (Lipinski definition) is 4. The standard InChI is InChI=1S/C23H26FNO6/c1-12-4-3-5-17-19(12)14(8-13-6-7-15(30-2)9-16(13)24)10-25(17)23-22(29)21(28)20(27)18(11-26)31-23/h3-7,9-10,18,20-23,26-29H,8,11H2,1-2H3/t18-,20-,21+,22-,23-/m1/s1. The van der Waals surface area contributed by atoms with E-state index in [9.17, 15) is 24.8 Å². The van der Waals surface area contributed by atoms with Crippen LogP contribution in [0.25, 0.3) is 10.9 Å². The quantitative estimate of drug-likeness (QED) is 0.490. The fraction of sp³-hybridized carbons (Fsp3) is 0.391. The van der Waals surface area contributed by atoms with Crippen molar-refractivity contribution in [2.45, 2.75) is 44.0 Å². The molecule has 0 spiro atoms. The van der Waals surface area contributed by atoms with E-state index in [2.05, 4.69) is 0 Å². The molecule has 1 fully saturated rings. The lowest BCUT2D eigenvalue weighted by Gasteiger charge is -2.40. The third kappa shape index (κ3) is 3.81. The van der Waals surface area contributed by atoms with E-state index >= 15 is 0 Å². The van der Waals surface area contributed by atoms with Crippen molar-refractivity contribution in [1.29, 1.82) is 0 Å². The summed E-state index contributed by atoms with van der Waals surface area (Å²) in [5.74, 6) is 0.0443. The summed E-state index contributed by atoms with van der Waals surface area (Å²) in [7, 11) is 1.48. The van der Waals surface area contributed by atoms with Crippen LogP contribution >= 0.6 is 0 Å². The van der Waals surface area contributed by atoms with Crippen LogP contribution in [-0.2, 0) is 11.2 Å². The van der Waals surface area contributed by atoms with Gasteiger partial charge in [-0.1, -0.05) is 18.2 Å². The van der Waals surface area contributed by atoms with Crippen LogP contribution < -0.4 is 4.74 Å². The number of halogens is 1. The molecule has 5 atom stereocenters. The number of rotatable bonds is 5. The van der Waals surface area contributed by atoms with Crippen molar-refractivity contribution < 1.29 is 34.3 Å². The SMILES string of the molecule is COc1ccc(Cc2cn([C@@H]3O[C@H](CO)[C@@H](O)[C@H](O)[C@H]3O)c3cccc(C)c23)c(F)c1. The number of aryl methyl sites for hydroxylation is 1. The Morgan fingerprint density at radius 3 is 2.52 bits per heavy atom. The number of benzene rings is 2. The molecule has 1 aromatic heterocycles. The van der Waals surface area contributed by atoms with Crippen LogP contribution in [0.2, 0.25) is 0 Å². The maximum absolute atomic E-state index is 14.6. The third-order valence-electron chi connectivity index (χ3n) is 5.93. The second-order valence-electron chi connectivity index (χ2n) is 7.88. The van der Waals surface area contributed by atoms with Crippen LogP contribution in [0.1, 0.15) is 22.9 Å². The largest absolute Gasteiger partial charge is 0.497 e. The molecule has 0 radical (unpaired) electrons. The molecule has 0 unspecified atom stereocenters. The molecule has 0 aliphatic carbocycles. The summed E-state index contributed by atoms with van der Waals surface area (Å²) >= 11 is 0. The number of nitrogens with zero attached hydrogens (tertiary/aromatic N) is 1. The van der Waals surface area contributed by atoms with Crippen LogP contribution in [0.3, 0.4) is 0 Å². The molecule has 2 aromatic carbocycles. The highest BCUT2D eigenvalue weighted by molar-refractivity contribution is 5.87. The van der Waals surface area contributed by atoms with Crippen molar-refractivity contribution in [2.75, 3.05) is 13.7 Å². The van der Waals surface area contributed by atoms with Crippen molar-refractivity contribution in [3.63, 3.8) is 0 Å². The van der Waals surface area contributed by atoms with Gasteiger partial charge in [-0.25, -0.2) is 4.39 Å². The normalized spacial score (nSPS) is 26.4. The Labute approximate surface area is 178 Å². The van der Waals surface area contributed by atoms with Crippen LogP contribution in [0, 0.1) is 12.7 Å². The summed E-state index contributed by atoms with van der Waals surface area (Å²) in [6.45, 7) is 1.43. The summed E-state index contributed by atoms with van der Waals surface area (Å²) in [6.07, 6.45) is -4.34. The van der Waals surface area contributed by atoms with Gasteiger partial charge in [-0.2, -0.15) is 0 Å². The lowest BCUT2D eigenvalue weighted by molar-refractivity contribution is -0.250. The molecule has 1 aliphatic rings. The molecule has 2 heterocycles. The molecule has 31 heavy (non-hydrogen) atoms. The van der Waals surface area contributed by atoms with E-state index in [4.69, 9.17) is 9.47 Å². The Kier molecular flexibility index (Phi) is 6.00. The van der Waals surface area contributed by atoms with Gasteiger partial charge in [0.2, 0.25) is 0 Å². The number of aromatic nitrogens is 1. The minimum absolute atomic E-state index is 0.293. The summed E-state index contributed by atoms with van der Waals surface area (Å²) in [5.41, 5.74) is 2.99. The molecule has 3 aromatic rings. The van der Waals surface area contributed by atoms with Crippen LogP contribution in [0.4, 0.5) is 4.39 Å². The van der Waals surface area contributed by atoms with Crippen molar-refractivity contribution in [3.8, 4) is 5.75 Å². The van der Waals surface area contributed by atoms with E-state index in [0.29, 0.717) is 17.7 Å².